The summed E-state index contributed by atoms with van der Waals surface area (Å²) < 4.78 is 8.81. The van der Waals surface area contributed by atoms with E-state index >= 15 is 0 Å². The second-order valence-electron chi connectivity index (χ2n) is 29.0. The molecule has 0 fully saturated rings. The van der Waals surface area contributed by atoms with Crippen LogP contribution in [0.5, 0.6) is 0 Å². The fourth-order valence-corrected chi connectivity index (χ4v) is 12.9. The summed E-state index contributed by atoms with van der Waals surface area (Å²) >= 11 is 0. The number of esters is 2. The van der Waals surface area contributed by atoms with Crippen molar-refractivity contribution in [1.29, 1.82) is 0 Å². The maximum absolute atomic E-state index is 12.8. The summed E-state index contributed by atoms with van der Waals surface area (Å²) in [5.41, 5.74) is -0.644. The van der Waals surface area contributed by atoms with Gasteiger partial charge in [-0.15, -0.1) is 0 Å². The van der Waals surface area contributed by atoms with E-state index in [0.29, 0.717) is 79.3 Å². The first-order chi connectivity index (χ1) is 48.5. The predicted octanol–water partition coefficient (Wildman–Crippen LogP) is 7.54. The summed E-state index contributed by atoms with van der Waals surface area (Å²) in [6.07, 6.45) is 0. The summed E-state index contributed by atoms with van der Waals surface area (Å²) in [5.74, 6) is -10.9. The van der Waals surface area contributed by atoms with Gasteiger partial charge < -0.3 is 49.1 Å². The Morgan fingerprint density at radius 2 is 0.425 bits per heavy atom. The van der Waals surface area contributed by atoms with Crippen molar-refractivity contribution < 1.29 is 136 Å². The van der Waals surface area contributed by atoms with Crippen LogP contribution < -0.4 is 20.4 Å². The van der Waals surface area contributed by atoms with E-state index in [1.165, 1.54) is 13.8 Å². The maximum Gasteiger partial charge on any atom is 2.00 e. The van der Waals surface area contributed by atoms with Crippen molar-refractivity contribution in [2.24, 2.45) is 21.7 Å². The van der Waals surface area contributed by atoms with Gasteiger partial charge in [-0.05, 0) is 106 Å². The molecule has 26 heteroatoms. The third-order valence-corrected chi connectivity index (χ3v) is 17.1. The second kappa shape index (κ2) is 34.1. The van der Waals surface area contributed by atoms with Gasteiger partial charge in [-0.3, -0.25) is 67.5 Å². The van der Waals surface area contributed by atoms with Gasteiger partial charge in [-0.25, -0.2) is 0 Å². The number of hydrogen-bond donors (Lipinski definition) is 0. The molecule has 8 aromatic carbocycles. The zero-order valence-electron chi connectivity index (χ0n) is 61.2. The smallest absolute Gasteiger partial charge is 0.548 e. The molecule has 0 bridgehead atoms. The van der Waals surface area contributed by atoms with Gasteiger partial charge in [0.1, 0.15) is 0 Å². The quantitative estimate of drug-likeness (QED) is 0.0724. The summed E-state index contributed by atoms with van der Waals surface area (Å²) in [4.78, 5) is 172. The Kier molecular flexibility index (Phi) is 27.7. The molecule has 0 saturated carbocycles. The van der Waals surface area contributed by atoms with Gasteiger partial charge in [-0.1, -0.05) is 180 Å². The van der Waals surface area contributed by atoms with Crippen molar-refractivity contribution in [3.63, 3.8) is 0 Å². The van der Waals surface area contributed by atoms with Crippen molar-refractivity contribution >= 4 is 126 Å². The van der Waals surface area contributed by atoms with Crippen LogP contribution in [0.3, 0.4) is 0 Å². The first kappa shape index (κ1) is 86.1. The Hall–Kier alpha value is -10.6. The van der Waals surface area contributed by atoms with Crippen LogP contribution in [0, 0.1) is 21.7 Å². The Balaban J connectivity index is 0.000000239. The molecule has 106 heavy (non-hydrogen) atoms. The standard InChI is InChI=1S/4C18H17NO4.2C4H8O2.2Rh/c4*1-18(2,3)14(17(22)23)19-15(20)11-8-4-6-10-7-5-9-12(13(10)11)16(19)21;2*1-3-6-4(2)5;;/h4*4-9,14H,1-3H3,(H,22,23);2*3H2,1-2H3;;/q;;;;;;2*+2/p-4. The monoisotopic (exact) mass is 1620 g/mol. The molecule has 8 amide bonds. The fraction of sp³-hybridized carbons (Fsp3) is 0.325. The molecule has 24 nitrogen and oxygen atoms in total. The van der Waals surface area contributed by atoms with Crippen molar-refractivity contribution in [1.82, 2.24) is 19.6 Å². The first-order valence-electron chi connectivity index (χ1n) is 33.2. The van der Waals surface area contributed by atoms with E-state index in [9.17, 15) is 87.5 Å². The third-order valence-electron chi connectivity index (χ3n) is 17.1. The normalized spacial score (nSPS) is 14.6. The zero-order chi connectivity index (χ0) is 77.7. The van der Waals surface area contributed by atoms with Gasteiger partial charge in [0, 0.05) is 79.9 Å². The Morgan fingerprint density at radius 1 is 0.292 bits per heavy atom. The summed E-state index contributed by atoms with van der Waals surface area (Å²) in [6, 6.07) is 35.9. The number of amides is 8. The van der Waals surface area contributed by atoms with E-state index in [2.05, 4.69) is 9.47 Å². The number of hydrogen-bond acceptors (Lipinski definition) is 20. The topological polar surface area (TPSA) is 363 Å². The average molecular weight is 1620 g/mol. The van der Waals surface area contributed by atoms with E-state index in [0.717, 1.165) is 41.1 Å². The Morgan fingerprint density at radius 3 is 0.509 bits per heavy atom. The molecule has 0 spiro atoms. The van der Waals surface area contributed by atoms with Crippen LogP contribution in [0.25, 0.3) is 43.1 Å². The van der Waals surface area contributed by atoms with Crippen LogP contribution >= 0.6 is 0 Å². The van der Waals surface area contributed by atoms with E-state index < -0.39 is 117 Å². The fourth-order valence-electron chi connectivity index (χ4n) is 12.9. The number of benzene rings is 8. The summed E-state index contributed by atoms with van der Waals surface area (Å²) in [6.45, 7) is 27.2. The minimum absolute atomic E-state index is 0. The van der Waals surface area contributed by atoms with Gasteiger partial charge in [0.2, 0.25) is 0 Å². The number of carbonyl (C=O) groups is 14. The van der Waals surface area contributed by atoms with Crippen LogP contribution in [0.1, 0.15) is 194 Å². The molecule has 558 valence electrons. The van der Waals surface area contributed by atoms with Gasteiger partial charge in [0.25, 0.3) is 47.3 Å². The summed E-state index contributed by atoms with van der Waals surface area (Å²) in [7, 11) is 0. The third kappa shape index (κ3) is 17.9. The van der Waals surface area contributed by atoms with Crippen LogP contribution in [0.2, 0.25) is 0 Å². The number of ether oxygens (including phenoxy) is 2. The van der Waals surface area contributed by atoms with Crippen molar-refractivity contribution in [3.8, 4) is 0 Å². The molecular formula is C80H80N4O20Rh2. The van der Waals surface area contributed by atoms with Crippen molar-refractivity contribution in [2.75, 3.05) is 13.2 Å². The average Bonchev–Trinajstić information content (AvgIpc) is 0.757. The molecule has 0 aliphatic carbocycles. The van der Waals surface area contributed by atoms with Crippen LogP contribution in [0.15, 0.2) is 146 Å². The second-order valence-corrected chi connectivity index (χ2v) is 29.0. The number of carboxylic acid groups (broad SMARTS) is 4. The molecule has 4 unspecified atom stereocenters. The molecule has 4 aliphatic heterocycles. The largest absolute Gasteiger partial charge is 2.00 e. The summed E-state index contributed by atoms with van der Waals surface area (Å²) in [5, 5.41) is 52.0. The number of carbonyl (C=O) groups excluding carboxylic acids is 14. The van der Waals surface area contributed by atoms with E-state index in [4.69, 9.17) is 0 Å². The molecule has 8 aromatic rings. The molecular weight excluding hydrogens is 1540 g/mol. The predicted molar refractivity (Wildman–Crippen MR) is 375 cm³/mol. The van der Waals surface area contributed by atoms with E-state index in [-0.39, 0.29) is 50.9 Å². The van der Waals surface area contributed by atoms with Gasteiger partial charge in [0.15, 0.2) is 0 Å². The van der Waals surface area contributed by atoms with Gasteiger partial charge in [-0.2, -0.15) is 0 Å². The Bertz CT molecular complexity index is 4070. The molecule has 0 saturated heterocycles. The molecule has 0 N–H and O–H groups in total. The first-order valence-corrected chi connectivity index (χ1v) is 33.2. The molecule has 4 aliphatic rings. The number of nitrogens with zero attached hydrogens (tertiary/aromatic N) is 4. The molecule has 0 aromatic heterocycles. The Labute approximate surface area is 637 Å². The van der Waals surface area contributed by atoms with Crippen LogP contribution in [-0.2, 0) is 77.2 Å². The molecule has 4 heterocycles. The SMILES string of the molecule is CC(C)(C)C(C(=O)[O-])N1C(=O)c2cccc3cccc(c23)C1=O.CC(C)(C)C(C(=O)[O-])N1C(=O)c2cccc3cccc(c23)C1=O.CC(C)(C)C(C(=O)[O-])N1C(=O)c2cccc3cccc(c23)C1=O.CC(C)(C)C(C(=O)[O-])N1C(=O)c2cccc3cccc(c23)C1=O.CCOC(C)=O.CCOC(C)=O.[Rh+2].[Rh+2]. The van der Waals surface area contributed by atoms with E-state index in [1.54, 1.807) is 194 Å². The molecule has 4 atom stereocenters. The number of aliphatic carboxylic acids is 4. The number of carboxylic acids is 4. The maximum atomic E-state index is 12.8. The van der Waals surface area contributed by atoms with E-state index in [1.807, 2.05) is 48.5 Å². The van der Waals surface area contributed by atoms with Crippen LogP contribution in [0.4, 0.5) is 0 Å². The zero-order valence-corrected chi connectivity index (χ0v) is 64.5. The molecule has 2 radical (unpaired) electrons. The number of rotatable bonds is 10. The number of imide groups is 4. The van der Waals surface area contributed by atoms with Gasteiger partial charge in [0.05, 0.1) is 61.3 Å². The van der Waals surface area contributed by atoms with Crippen molar-refractivity contribution in [2.45, 2.75) is 135 Å². The van der Waals surface area contributed by atoms with Gasteiger partial charge >= 0.3 is 50.9 Å². The van der Waals surface area contributed by atoms with Crippen LogP contribution in [-0.4, -0.2) is 140 Å². The minimum atomic E-state index is -1.44. The minimum Gasteiger partial charge on any atom is -0.548 e. The van der Waals surface area contributed by atoms with Crippen molar-refractivity contribution in [3.05, 3.63) is 190 Å². The molecule has 12 rings (SSSR count).